The highest BCUT2D eigenvalue weighted by Gasteiger charge is 2.36. The number of fused-ring (bicyclic) bond motifs is 6. The molecule has 1 heteroatoms. The van der Waals surface area contributed by atoms with E-state index in [0.717, 1.165) is 17.1 Å². The average Bonchev–Trinajstić information content (AvgIpc) is 3.50. The van der Waals surface area contributed by atoms with Gasteiger partial charge in [0.15, 0.2) is 0 Å². The van der Waals surface area contributed by atoms with Gasteiger partial charge in [-0.15, -0.1) is 0 Å². The zero-order valence-corrected chi connectivity index (χ0v) is 32.7. The third kappa shape index (κ3) is 5.70. The van der Waals surface area contributed by atoms with Crippen LogP contribution in [0, 0.1) is 0 Å². The molecule has 1 aliphatic rings. The highest BCUT2D eigenvalue weighted by molar-refractivity contribution is 6.01. The van der Waals surface area contributed by atoms with Crippen LogP contribution < -0.4 is 4.90 Å². The minimum Gasteiger partial charge on any atom is -0.310 e. The Morgan fingerprint density at radius 1 is 0.293 bits per heavy atom. The van der Waals surface area contributed by atoms with E-state index in [1.165, 1.54) is 88.0 Å². The van der Waals surface area contributed by atoms with Gasteiger partial charge in [-0.1, -0.05) is 166 Å². The highest BCUT2D eigenvalue weighted by Crippen LogP contribution is 2.52. The topological polar surface area (TPSA) is 3.24 Å². The van der Waals surface area contributed by atoms with Crippen molar-refractivity contribution >= 4 is 49.4 Å². The van der Waals surface area contributed by atoms with E-state index in [-0.39, 0.29) is 5.41 Å². The molecule has 0 N–H and O–H groups in total. The second-order valence-electron chi connectivity index (χ2n) is 16.2. The van der Waals surface area contributed by atoms with Crippen molar-refractivity contribution in [2.75, 3.05) is 4.90 Å². The summed E-state index contributed by atoms with van der Waals surface area (Å²) in [6.45, 7) is 4.78. The summed E-state index contributed by atoms with van der Waals surface area (Å²) < 4.78 is 0. The molecule has 0 fully saturated rings. The Morgan fingerprint density at radius 3 is 1.62 bits per heavy atom. The molecule has 10 aromatic carbocycles. The molecule has 10 aromatic rings. The van der Waals surface area contributed by atoms with E-state index in [0.29, 0.717) is 0 Å². The summed E-state index contributed by atoms with van der Waals surface area (Å²) in [6, 6.07) is 78.4. The van der Waals surface area contributed by atoms with Gasteiger partial charge in [0.2, 0.25) is 0 Å². The molecule has 58 heavy (non-hydrogen) atoms. The number of hydrogen-bond acceptors (Lipinski definition) is 1. The van der Waals surface area contributed by atoms with Crippen molar-refractivity contribution in [3.63, 3.8) is 0 Å². The summed E-state index contributed by atoms with van der Waals surface area (Å²) in [5.74, 6) is 0. The molecule has 1 aliphatic carbocycles. The summed E-state index contributed by atoms with van der Waals surface area (Å²) >= 11 is 0. The van der Waals surface area contributed by atoms with Crippen molar-refractivity contribution < 1.29 is 0 Å². The number of nitrogens with zero attached hydrogens (tertiary/aromatic N) is 1. The van der Waals surface area contributed by atoms with Crippen LogP contribution in [-0.4, -0.2) is 0 Å². The van der Waals surface area contributed by atoms with Gasteiger partial charge >= 0.3 is 0 Å². The van der Waals surface area contributed by atoms with E-state index in [4.69, 9.17) is 0 Å². The maximum absolute atomic E-state index is 2.47. The van der Waals surface area contributed by atoms with Crippen LogP contribution in [-0.2, 0) is 5.41 Å². The molecular weight excluding hydrogens is 699 g/mol. The molecule has 0 saturated heterocycles. The summed E-state index contributed by atoms with van der Waals surface area (Å²) in [5.41, 5.74) is 15.8. The van der Waals surface area contributed by atoms with Gasteiger partial charge in [0.1, 0.15) is 0 Å². The Hall–Kier alpha value is -7.22. The zero-order chi connectivity index (χ0) is 38.8. The van der Waals surface area contributed by atoms with E-state index in [1.54, 1.807) is 0 Å². The molecule has 0 radical (unpaired) electrons. The number of hydrogen-bond donors (Lipinski definition) is 0. The SMILES string of the molecule is CC1(C)c2cc(-c3ccc4ccccc4c3)ccc2-c2ccc(N(c3ccc4cc5ccccc5cc4c3)c3ccccc3-c3cccc(-c4ccccc4)c3)cc21. The zero-order valence-electron chi connectivity index (χ0n) is 32.7. The molecule has 0 atom stereocenters. The van der Waals surface area contributed by atoms with Gasteiger partial charge in [0.05, 0.1) is 5.69 Å². The van der Waals surface area contributed by atoms with Gasteiger partial charge in [-0.2, -0.15) is 0 Å². The van der Waals surface area contributed by atoms with E-state index in [9.17, 15) is 0 Å². The van der Waals surface area contributed by atoms with Crippen LogP contribution in [0.2, 0.25) is 0 Å². The molecule has 0 heterocycles. The molecule has 0 aromatic heterocycles. The van der Waals surface area contributed by atoms with Crippen LogP contribution in [0.15, 0.2) is 212 Å². The summed E-state index contributed by atoms with van der Waals surface area (Å²) in [6.07, 6.45) is 0. The lowest BCUT2D eigenvalue weighted by Crippen LogP contribution is -2.17. The lowest BCUT2D eigenvalue weighted by molar-refractivity contribution is 0.660. The highest BCUT2D eigenvalue weighted by atomic mass is 15.1. The van der Waals surface area contributed by atoms with Crippen LogP contribution in [0.25, 0.3) is 76.8 Å². The van der Waals surface area contributed by atoms with Gasteiger partial charge < -0.3 is 4.90 Å². The predicted molar refractivity (Wildman–Crippen MR) is 248 cm³/mol. The molecule has 0 aliphatic heterocycles. The predicted octanol–water partition coefficient (Wildman–Crippen LogP) is 15.9. The van der Waals surface area contributed by atoms with Gasteiger partial charge in [-0.3, -0.25) is 0 Å². The Balaban J connectivity index is 1.07. The normalized spacial score (nSPS) is 12.8. The van der Waals surface area contributed by atoms with Crippen LogP contribution in [0.4, 0.5) is 17.1 Å². The second-order valence-corrected chi connectivity index (χ2v) is 16.2. The maximum atomic E-state index is 2.47. The minimum absolute atomic E-state index is 0.203. The molecule has 1 nitrogen and oxygen atoms in total. The van der Waals surface area contributed by atoms with E-state index >= 15 is 0 Å². The molecule has 274 valence electrons. The fraction of sp³-hybridized carbons (Fsp3) is 0.0526. The molecule has 0 spiro atoms. The first-order valence-electron chi connectivity index (χ1n) is 20.2. The largest absolute Gasteiger partial charge is 0.310 e. The first kappa shape index (κ1) is 34.1. The van der Waals surface area contributed by atoms with Crippen LogP contribution in [0.5, 0.6) is 0 Å². The Bertz CT molecular complexity index is 3210. The molecule has 0 amide bonds. The van der Waals surface area contributed by atoms with Crippen LogP contribution >= 0.6 is 0 Å². The number of benzene rings is 10. The Labute approximate surface area is 340 Å². The quantitative estimate of drug-likeness (QED) is 0.154. The van der Waals surface area contributed by atoms with Gasteiger partial charge in [0, 0.05) is 22.4 Å². The second kappa shape index (κ2) is 13.5. The molecule has 0 saturated carbocycles. The van der Waals surface area contributed by atoms with Crippen LogP contribution in [0.3, 0.4) is 0 Å². The average molecular weight is 740 g/mol. The fourth-order valence-corrected chi connectivity index (χ4v) is 9.32. The Kier molecular flexibility index (Phi) is 7.91. The smallest absolute Gasteiger partial charge is 0.0540 e. The number of anilines is 3. The van der Waals surface area contributed by atoms with Crippen molar-refractivity contribution in [1.82, 2.24) is 0 Å². The van der Waals surface area contributed by atoms with Crippen molar-refractivity contribution in [2.24, 2.45) is 0 Å². The van der Waals surface area contributed by atoms with E-state index < -0.39 is 0 Å². The minimum atomic E-state index is -0.203. The number of rotatable bonds is 6. The molecule has 0 unspecified atom stereocenters. The first-order valence-corrected chi connectivity index (χ1v) is 20.2. The van der Waals surface area contributed by atoms with E-state index in [1.807, 2.05) is 0 Å². The third-order valence-corrected chi connectivity index (χ3v) is 12.4. The molecule has 11 rings (SSSR count). The monoisotopic (exact) mass is 739 g/mol. The third-order valence-electron chi connectivity index (χ3n) is 12.4. The number of para-hydroxylation sites is 1. The van der Waals surface area contributed by atoms with Crippen molar-refractivity contribution in [1.29, 1.82) is 0 Å². The van der Waals surface area contributed by atoms with Gasteiger partial charge in [-0.05, 0) is 143 Å². The van der Waals surface area contributed by atoms with Crippen molar-refractivity contribution in [2.45, 2.75) is 19.3 Å². The Morgan fingerprint density at radius 2 is 0.810 bits per heavy atom. The summed E-state index contributed by atoms with van der Waals surface area (Å²) in [5, 5.41) is 7.49. The van der Waals surface area contributed by atoms with Crippen molar-refractivity contribution in [3.8, 4) is 44.5 Å². The summed E-state index contributed by atoms with van der Waals surface area (Å²) in [7, 11) is 0. The van der Waals surface area contributed by atoms with Gasteiger partial charge in [-0.25, -0.2) is 0 Å². The molecule has 0 bridgehead atoms. The van der Waals surface area contributed by atoms with Crippen molar-refractivity contribution in [3.05, 3.63) is 223 Å². The standard InChI is InChI=1S/C57H41N/c1-57(2)54-36-46(44-24-23-39-15-6-7-16-40(39)31-44)26-29-52(54)53-30-28-50(37-55(53)57)58(49-27-25-45-32-42-17-8-9-18-43(42)34-48(45)35-49)56-22-11-10-21-51(56)47-20-12-19-41(33-47)38-13-4-3-5-14-38/h3-37H,1-2H3. The lowest BCUT2D eigenvalue weighted by Gasteiger charge is -2.30. The van der Waals surface area contributed by atoms with Crippen LogP contribution in [0.1, 0.15) is 25.0 Å². The lowest BCUT2D eigenvalue weighted by atomic mass is 9.81. The maximum Gasteiger partial charge on any atom is 0.0540 e. The van der Waals surface area contributed by atoms with E-state index in [2.05, 4.69) is 231 Å². The fourth-order valence-electron chi connectivity index (χ4n) is 9.32. The summed E-state index contributed by atoms with van der Waals surface area (Å²) in [4.78, 5) is 2.47. The van der Waals surface area contributed by atoms with Gasteiger partial charge in [0.25, 0.3) is 0 Å². The first-order chi connectivity index (χ1) is 28.5. The molecular formula is C57H41N.